The van der Waals surface area contributed by atoms with Crippen LogP contribution in [0.4, 0.5) is 0 Å². The molecule has 0 aliphatic heterocycles. The van der Waals surface area contributed by atoms with Crippen molar-refractivity contribution in [2.45, 2.75) is 19.8 Å². The van der Waals surface area contributed by atoms with E-state index in [4.69, 9.17) is 0 Å². The highest BCUT2D eigenvalue weighted by atomic mass is 16.3. The number of carbonyl (C=O) groups is 1. The van der Waals surface area contributed by atoms with Gasteiger partial charge in [-0.05, 0) is 17.9 Å². The number of phenols is 1. The molecule has 2 nitrogen and oxygen atoms in total. The van der Waals surface area contributed by atoms with Crippen LogP contribution in [0, 0.1) is 0 Å². The van der Waals surface area contributed by atoms with Crippen LogP contribution in [0.2, 0.25) is 0 Å². The molecule has 3 aromatic rings. The van der Waals surface area contributed by atoms with Gasteiger partial charge < -0.3 is 5.11 Å². The number of Topliss-reactive ketones (excluding diaryl/α,β-unsaturated/α-hetero) is 1. The Labute approximate surface area is 130 Å². The first-order valence-corrected chi connectivity index (χ1v) is 7.40. The van der Waals surface area contributed by atoms with Gasteiger partial charge in [-0.3, -0.25) is 4.79 Å². The lowest BCUT2D eigenvalue weighted by atomic mass is 9.87. The lowest BCUT2D eigenvalue weighted by Crippen LogP contribution is -2.04. The van der Waals surface area contributed by atoms with Gasteiger partial charge in [0.05, 0.1) is 0 Å². The van der Waals surface area contributed by atoms with Gasteiger partial charge in [0.1, 0.15) is 5.75 Å². The van der Waals surface area contributed by atoms with Gasteiger partial charge in [0.2, 0.25) is 0 Å². The SMILES string of the molecule is CC(=O)c1ccccc1C(C)c1ccc2ccccc2c1O. The van der Waals surface area contributed by atoms with E-state index in [1.807, 2.05) is 67.6 Å². The summed E-state index contributed by atoms with van der Waals surface area (Å²) < 4.78 is 0. The monoisotopic (exact) mass is 290 g/mol. The third kappa shape index (κ3) is 2.37. The summed E-state index contributed by atoms with van der Waals surface area (Å²) in [6.45, 7) is 3.59. The Balaban J connectivity index is 2.16. The van der Waals surface area contributed by atoms with Crippen LogP contribution in [-0.4, -0.2) is 10.9 Å². The maximum atomic E-state index is 11.8. The molecule has 0 heterocycles. The average Bonchev–Trinajstić information content (AvgIpc) is 2.55. The highest BCUT2D eigenvalue weighted by Crippen LogP contribution is 2.37. The largest absolute Gasteiger partial charge is 0.507 e. The number of phenolic OH excluding ortho intramolecular Hbond substituents is 1. The number of rotatable bonds is 3. The van der Waals surface area contributed by atoms with Gasteiger partial charge >= 0.3 is 0 Å². The van der Waals surface area contributed by atoms with E-state index in [-0.39, 0.29) is 11.7 Å². The number of hydrogen-bond donors (Lipinski definition) is 1. The number of fused-ring (bicyclic) bond motifs is 1. The van der Waals surface area contributed by atoms with Crippen LogP contribution in [0.15, 0.2) is 60.7 Å². The topological polar surface area (TPSA) is 37.3 Å². The molecule has 110 valence electrons. The van der Waals surface area contributed by atoms with Gasteiger partial charge in [-0.1, -0.05) is 67.6 Å². The molecule has 0 saturated carbocycles. The maximum absolute atomic E-state index is 11.8. The Hall–Kier alpha value is -2.61. The standard InChI is InChI=1S/C20H18O2/c1-13(16-8-5-6-9-18(16)14(2)21)17-12-11-15-7-3-4-10-19(15)20(17)22/h3-13,22H,1-2H3. The lowest BCUT2D eigenvalue weighted by molar-refractivity contribution is 0.101. The third-order valence-corrected chi connectivity index (χ3v) is 4.20. The Bertz CT molecular complexity index is 849. The van der Waals surface area contributed by atoms with E-state index in [9.17, 15) is 9.90 Å². The van der Waals surface area contributed by atoms with Gasteiger partial charge in [-0.2, -0.15) is 0 Å². The zero-order valence-corrected chi connectivity index (χ0v) is 12.7. The van der Waals surface area contributed by atoms with E-state index >= 15 is 0 Å². The number of ketones is 1. The zero-order valence-electron chi connectivity index (χ0n) is 12.7. The molecule has 0 bridgehead atoms. The molecule has 0 radical (unpaired) electrons. The summed E-state index contributed by atoms with van der Waals surface area (Å²) in [5.74, 6) is 0.288. The summed E-state index contributed by atoms with van der Waals surface area (Å²) in [5, 5.41) is 12.5. The molecule has 0 saturated heterocycles. The van der Waals surface area contributed by atoms with Gasteiger partial charge in [-0.25, -0.2) is 0 Å². The first-order valence-electron chi connectivity index (χ1n) is 7.40. The summed E-state index contributed by atoms with van der Waals surface area (Å²) in [5.41, 5.74) is 2.50. The zero-order chi connectivity index (χ0) is 15.7. The molecule has 0 aliphatic carbocycles. The minimum absolute atomic E-state index is 0.0442. The minimum atomic E-state index is -0.0512. The molecule has 3 rings (SSSR count). The van der Waals surface area contributed by atoms with Crippen molar-refractivity contribution < 1.29 is 9.90 Å². The molecule has 0 fully saturated rings. The fraction of sp³-hybridized carbons (Fsp3) is 0.150. The van der Waals surface area contributed by atoms with Crippen LogP contribution in [0.5, 0.6) is 5.75 Å². The summed E-state index contributed by atoms with van der Waals surface area (Å²) in [4.78, 5) is 11.8. The molecule has 0 aliphatic rings. The highest BCUT2D eigenvalue weighted by molar-refractivity contribution is 5.96. The normalized spacial score (nSPS) is 12.3. The van der Waals surface area contributed by atoms with Crippen molar-refractivity contribution in [3.05, 3.63) is 77.4 Å². The van der Waals surface area contributed by atoms with Crippen LogP contribution in [0.1, 0.15) is 41.3 Å². The Morgan fingerprint density at radius 2 is 1.59 bits per heavy atom. The summed E-state index contributed by atoms with van der Waals surface area (Å²) in [6.07, 6.45) is 0. The van der Waals surface area contributed by atoms with E-state index in [0.29, 0.717) is 11.3 Å². The molecular weight excluding hydrogens is 272 g/mol. The molecule has 0 spiro atoms. The number of benzene rings is 3. The number of carbonyl (C=O) groups excluding carboxylic acids is 1. The Kier molecular flexibility index (Phi) is 3.68. The van der Waals surface area contributed by atoms with Crippen molar-refractivity contribution in [1.82, 2.24) is 0 Å². The highest BCUT2D eigenvalue weighted by Gasteiger charge is 2.18. The fourth-order valence-electron chi connectivity index (χ4n) is 2.98. The van der Waals surface area contributed by atoms with Crippen LogP contribution < -0.4 is 0 Å². The third-order valence-electron chi connectivity index (χ3n) is 4.20. The molecule has 1 atom stereocenters. The van der Waals surface area contributed by atoms with Crippen LogP contribution in [-0.2, 0) is 0 Å². The van der Waals surface area contributed by atoms with E-state index in [2.05, 4.69) is 0 Å². The Morgan fingerprint density at radius 3 is 2.36 bits per heavy atom. The van der Waals surface area contributed by atoms with E-state index < -0.39 is 0 Å². The molecule has 2 heteroatoms. The van der Waals surface area contributed by atoms with E-state index in [0.717, 1.165) is 21.9 Å². The molecule has 0 amide bonds. The van der Waals surface area contributed by atoms with Gasteiger partial charge in [-0.15, -0.1) is 0 Å². The van der Waals surface area contributed by atoms with Crippen molar-refractivity contribution in [2.75, 3.05) is 0 Å². The van der Waals surface area contributed by atoms with Crippen molar-refractivity contribution in [2.24, 2.45) is 0 Å². The van der Waals surface area contributed by atoms with Crippen molar-refractivity contribution in [3.63, 3.8) is 0 Å². The molecule has 1 unspecified atom stereocenters. The van der Waals surface area contributed by atoms with Crippen LogP contribution >= 0.6 is 0 Å². The first kappa shape index (κ1) is 14.3. The predicted octanol–water partition coefficient (Wildman–Crippen LogP) is 4.90. The summed E-state index contributed by atoms with van der Waals surface area (Å²) >= 11 is 0. The quantitative estimate of drug-likeness (QED) is 0.697. The second-order valence-electron chi connectivity index (χ2n) is 5.59. The van der Waals surface area contributed by atoms with Gasteiger partial charge in [0.15, 0.2) is 5.78 Å². The Morgan fingerprint density at radius 1 is 0.909 bits per heavy atom. The van der Waals surface area contributed by atoms with Crippen molar-refractivity contribution in [1.29, 1.82) is 0 Å². The van der Waals surface area contributed by atoms with Crippen LogP contribution in [0.25, 0.3) is 10.8 Å². The summed E-state index contributed by atoms with van der Waals surface area (Å²) in [7, 11) is 0. The molecule has 0 aromatic heterocycles. The predicted molar refractivity (Wildman–Crippen MR) is 89.6 cm³/mol. The lowest BCUT2D eigenvalue weighted by Gasteiger charge is -2.18. The second kappa shape index (κ2) is 5.64. The van der Waals surface area contributed by atoms with Gasteiger partial charge in [0.25, 0.3) is 0 Å². The summed E-state index contributed by atoms with van der Waals surface area (Å²) in [6, 6.07) is 19.3. The molecular formula is C20H18O2. The molecule has 3 aromatic carbocycles. The van der Waals surface area contributed by atoms with Crippen molar-refractivity contribution in [3.8, 4) is 5.75 Å². The average molecular weight is 290 g/mol. The minimum Gasteiger partial charge on any atom is -0.507 e. The van der Waals surface area contributed by atoms with Crippen LogP contribution in [0.3, 0.4) is 0 Å². The smallest absolute Gasteiger partial charge is 0.160 e. The number of aromatic hydroxyl groups is 1. The number of hydrogen-bond acceptors (Lipinski definition) is 2. The molecule has 22 heavy (non-hydrogen) atoms. The van der Waals surface area contributed by atoms with E-state index in [1.54, 1.807) is 6.92 Å². The van der Waals surface area contributed by atoms with E-state index in [1.165, 1.54) is 0 Å². The maximum Gasteiger partial charge on any atom is 0.160 e. The van der Waals surface area contributed by atoms with Gasteiger partial charge in [0, 0.05) is 22.4 Å². The van der Waals surface area contributed by atoms with Crippen molar-refractivity contribution >= 4 is 16.6 Å². The first-order chi connectivity index (χ1) is 10.6. The molecule has 1 N–H and O–H groups in total. The fourth-order valence-corrected chi connectivity index (χ4v) is 2.98. The second-order valence-corrected chi connectivity index (χ2v) is 5.59.